The van der Waals surface area contributed by atoms with Crippen LogP contribution in [0.4, 0.5) is 11.6 Å². The quantitative estimate of drug-likeness (QED) is 0.914. The van der Waals surface area contributed by atoms with Crippen LogP contribution in [-0.4, -0.2) is 34.1 Å². The minimum atomic E-state index is -0.348. The zero-order valence-electron chi connectivity index (χ0n) is 11.2. The molecule has 0 atom stereocenters. The van der Waals surface area contributed by atoms with Crippen LogP contribution in [0.2, 0.25) is 0 Å². The maximum absolute atomic E-state index is 11.9. The third-order valence-electron chi connectivity index (χ3n) is 3.17. The Morgan fingerprint density at radius 3 is 2.70 bits per heavy atom. The molecule has 1 saturated heterocycles. The lowest BCUT2D eigenvalue weighted by atomic mass is 10.4. The summed E-state index contributed by atoms with van der Waals surface area (Å²) in [5.41, 5.74) is 0.258. The lowest BCUT2D eigenvalue weighted by Crippen LogP contribution is -2.20. The van der Waals surface area contributed by atoms with Gasteiger partial charge in [0.2, 0.25) is 0 Å². The number of nitrogens with zero attached hydrogens (tertiary/aromatic N) is 4. The lowest BCUT2D eigenvalue weighted by Gasteiger charge is -2.15. The molecule has 104 valence electrons. The van der Waals surface area contributed by atoms with E-state index >= 15 is 0 Å². The first-order chi connectivity index (χ1) is 9.72. The Balaban J connectivity index is 1.68. The van der Waals surface area contributed by atoms with Gasteiger partial charge in [-0.3, -0.25) is 4.79 Å². The third kappa shape index (κ3) is 2.61. The summed E-state index contributed by atoms with van der Waals surface area (Å²) in [5.74, 6) is 1.48. The summed E-state index contributed by atoms with van der Waals surface area (Å²) in [4.78, 5) is 22.5. The van der Waals surface area contributed by atoms with Crippen molar-refractivity contribution in [3.63, 3.8) is 0 Å². The van der Waals surface area contributed by atoms with E-state index in [1.165, 1.54) is 19.0 Å². The molecule has 1 fully saturated rings. The highest BCUT2D eigenvalue weighted by Gasteiger charge is 2.15. The Bertz CT molecular complexity index is 601. The van der Waals surface area contributed by atoms with Crippen LogP contribution in [0.5, 0.6) is 0 Å². The highest BCUT2D eigenvalue weighted by Crippen LogP contribution is 2.16. The summed E-state index contributed by atoms with van der Waals surface area (Å²) in [6, 6.07) is 1.64. The summed E-state index contributed by atoms with van der Waals surface area (Å²) < 4.78 is 4.88. The summed E-state index contributed by atoms with van der Waals surface area (Å²) in [6.07, 6.45) is 5.47. The second kappa shape index (κ2) is 5.28. The Morgan fingerprint density at radius 1 is 1.30 bits per heavy atom. The van der Waals surface area contributed by atoms with Gasteiger partial charge in [-0.05, 0) is 19.8 Å². The first-order valence-corrected chi connectivity index (χ1v) is 6.54. The van der Waals surface area contributed by atoms with Gasteiger partial charge in [0.1, 0.15) is 17.3 Å². The molecule has 0 radical (unpaired) electrons. The zero-order valence-corrected chi connectivity index (χ0v) is 11.2. The van der Waals surface area contributed by atoms with Gasteiger partial charge in [0.05, 0.1) is 12.4 Å². The molecule has 1 aliphatic rings. The van der Waals surface area contributed by atoms with Crippen molar-refractivity contribution in [3.8, 4) is 0 Å². The number of carbonyl (C=O) groups is 1. The van der Waals surface area contributed by atoms with E-state index in [4.69, 9.17) is 4.52 Å². The first-order valence-electron chi connectivity index (χ1n) is 6.54. The van der Waals surface area contributed by atoms with E-state index in [1.807, 2.05) is 0 Å². The summed E-state index contributed by atoms with van der Waals surface area (Å²) >= 11 is 0. The number of amides is 1. The fourth-order valence-corrected chi connectivity index (χ4v) is 2.15. The molecular formula is C13H15N5O2. The molecule has 0 unspecified atom stereocenters. The van der Waals surface area contributed by atoms with Gasteiger partial charge < -0.3 is 14.7 Å². The highest BCUT2D eigenvalue weighted by molar-refractivity contribution is 6.02. The van der Waals surface area contributed by atoms with Crippen molar-refractivity contribution >= 4 is 17.5 Å². The molecule has 0 aliphatic carbocycles. The van der Waals surface area contributed by atoms with Crippen molar-refractivity contribution in [1.29, 1.82) is 0 Å². The van der Waals surface area contributed by atoms with Gasteiger partial charge in [-0.2, -0.15) is 0 Å². The molecule has 7 nitrogen and oxygen atoms in total. The molecule has 7 heteroatoms. The second-order valence-electron chi connectivity index (χ2n) is 4.73. The molecule has 1 amide bonds. The molecule has 2 aromatic heterocycles. The SMILES string of the molecule is Cc1cc(NC(=O)c2cnc(N3CCCC3)cn2)no1. The van der Waals surface area contributed by atoms with Crippen molar-refractivity contribution in [2.45, 2.75) is 19.8 Å². The molecule has 3 heterocycles. The van der Waals surface area contributed by atoms with Gasteiger partial charge in [-0.15, -0.1) is 0 Å². The average Bonchev–Trinajstić information content (AvgIpc) is 3.11. The number of rotatable bonds is 3. The Labute approximate surface area is 116 Å². The Kier molecular flexibility index (Phi) is 3.32. The van der Waals surface area contributed by atoms with Gasteiger partial charge in [-0.1, -0.05) is 5.16 Å². The van der Waals surface area contributed by atoms with Crippen LogP contribution in [-0.2, 0) is 0 Å². The van der Waals surface area contributed by atoms with Crippen molar-refractivity contribution < 1.29 is 9.32 Å². The van der Waals surface area contributed by atoms with E-state index < -0.39 is 0 Å². The number of aromatic nitrogens is 3. The number of carbonyl (C=O) groups excluding carboxylic acids is 1. The maximum atomic E-state index is 11.9. The Hall–Kier alpha value is -2.44. The third-order valence-corrected chi connectivity index (χ3v) is 3.17. The standard InChI is InChI=1S/C13H15N5O2/c1-9-6-11(17-20-9)16-13(19)10-7-15-12(8-14-10)18-4-2-3-5-18/h6-8H,2-5H2,1H3,(H,16,17,19). The molecule has 1 aliphatic heterocycles. The molecule has 20 heavy (non-hydrogen) atoms. The number of nitrogens with one attached hydrogen (secondary N) is 1. The predicted molar refractivity (Wildman–Crippen MR) is 72.7 cm³/mol. The fraction of sp³-hybridized carbons (Fsp3) is 0.385. The van der Waals surface area contributed by atoms with Crippen LogP contribution in [0.3, 0.4) is 0 Å². The van der Waals surface area contributed by atoms with Crippen LogP contribution >= 0.6 is 0 Å². The van der Waals surface area contributed by atoms with Gasteiger partial charge in [0.25, 0.3) is 5.91 Å². The van der Waals surface area contributed by atoms with E-state index in [9.17, 15) is 4.79 Å². The van der Waals surface area contributed by atoms with E-state index in [2.05, 4.69) is 25.3 Å². The summed E-state index contributed by atoms with van der Waals surface area (Å²) in [6.45, 7) is 3.75. The van der Waals surface area contributed by atoms with Gasteiger partial charge in [-0.25, -0.2) is 9.97 Å². The van der Waals surface area contributed by atoms with Crippen LogP contribution in [0.1, 0.15) is 29.1 Å². The van der Waals surface area contributed by atoms with Crippen molar-refractivity contribution in [1.82, 2.24) is 15.1 Å². The van der Waals surface area contributed by atoms with Crippen LogP contribution in [0.25, 0.3) is 0 Å². The van der Waals surface area contributed by atoms with Crippen LogP contribution in [0, 0.1) is 6.92 Å². The largest absolute Gasteiger partial charge is 0.360 e. The first kappa shape index (κ1) is 12.6. The van der Waals surface area contributed by atoms with Crippen LogP contribution < -0.4 is 10.2 Å². The van der Waals surface area contributed by atoms with Crippen molar-refractivity contribution in [2.24, 2.45) is 0 Å². The maximum Gasteiger partial charge on any atom is 0.277 e. The molecule has 0 aromatic carbocycles. The monoisotopic (exact) mass is 273 g/mol. The predicted octanol–water partition coefficient (Wildman–Crippen LogP) is 1.63. The minimum Gasteiger partial charge on any atom is -0.360 e. The average molecular weight is 273 g/mol. The van der Waals surface area contributed by atoms with Gasteiger partial charge in [0.15, 0.2) is 5.82 Å². The van der Waals surface area contributed by atoms with Crippen molar-refractivity contribution in [3.05, 3.63) is 29.9 Å². The molecule has 3 rings (SSSR count). The van der Waals surface area contributed by atoms with E-state index in [0.717, 1.165) is 18.9 Å². The van der Waals surface area contributed by atoms with E-state index in [1.54, 1.807) is 19.2 Å². The smallest absolute Gasteiger partial charge is 0.277 e. The van der Waals surface area contributed by atoms with Gasteiger partial charge >= 0.3 is 0 Å². The minimum absolute atomic E-state index is 0.258. The van der Waals surface area contributed by atoms with Gasteiger partial charge in [0, 0.05) is 19.2 Å². The highest BCUT2D eigenvalue weighted by atomic mass is 16.5. The summed E-state index contributed by atoms with van der Waals surface area (Å²) in [7, 11) is 0. The molecule has 0 spiro atoms. The fourth-order valence-electron chi connectivity index (χ4n) is 2.15. The normalized spacial score (nSPS) is 14.6. The molecule has 2 aromatic rings. The number of anilines is 2. The number of aryl methyl sites for hydroxylation is 1. The number of hydrogen-bond acceptors (Lipinski definition) is 6. The number of hydrogen-bond donors (Lipinski definition) is 1. The topological polar surface area (TPSA) is 84.2 Å². The second-order valence-corrected chi connectivity index (χ2v) is 4.73. The van der Waals surface area contributed by atoms with Crippen molar-refractivity contribution in [2.75, 3.05) is 23.3 Å². The molecule has 0 saturated carbocycles. The van der Waals surface area contributed by atoms with Crippen LogP contribution in [0.15, 0.2) is 23.0 Å². The molecule has 0 bridgehead atoms. The summed E-state index contributed by atoms with van der Waals surface area (Å²) in [5, 5.41) is 6.31. The molecular weight excluding hydrogens is 258 g/mol. The van der Waals surface area contributed by atoms with E-state index in [0.29, 0.717) is 11.6 Å². The lowest BCUT2D eigenvalue weighted by molar-refractivity contribution is 0.102. The Morgan fingerprint density at radius 2 is 2.10 bits per heavy atom. The van der Waals surface area contributed by atoms with E-state index in [-0.39, 0.29) is 11.6 Å². The molecule has 1 N–H and O–H groups in total. The zero-order chi connectivity index (χ0) is 13.9.